The summed E-state index contributed by atoms with van der Waals surface area (Å²) >= 11 is 0. The van der Waals surface area contributed by atoms with Crippen LogP contribution in [0.15, 0.2) is 52.5 Å². The summed E-state index contributed by atoms with van der Waals surface area (Å²) in [6.07, 6.45) is 1.23. The van der Waals surface area contributed by atoms with Crippen LogP contribution in [0.1, 0.15) is 5.56 Å². The first-order valence-electron chi connectivity index (χ1n) is 6.53. The Bertz CT molecular complexity index is 973. The maximum Gasteiger partial charge on any atom is 0.295 e. The molecular formula is C13H11N5O6S. The van der Waals surface area contributed by atoms with E-state index in [-0.39, 0.29) is 11.4 Å². The highest BCUT2D eigenvalue weighted by Crippen LogP contribution is 2.27. The predicted octanol–water partition coefficient (Wildman–Crippen LogP) is 1.60. The van der Waals surface area contributed by atoms with Gasteiger partial charge in [-0.2, -0.15) is 5.10 Å². The van der Waals surface area contributed by atoms with Gasteiger partial charge < -0.3 is 0 Å². The van der Waals surface area contributed by atoms with E-state index in [1.165, 1.54) is 24.4 Å². The lowest BCUT2D eigenvalue weighted by atomic mass is 10.2. The molecule has 0 saturated heterocycles. The fourth-order valence-corrected chi connectivity index (χ4v) is 2.36. The number of anilines is 1. The minimum absolute atomic E-state index is 0.0703. The second kappa shape index (κ2) is 7.02. The van der Waals surface area contributed by atoms with E-state index < -0.39 is 30.5 Å². The molecule has 0 aliphatic heterocycles. The minimum Gasteiger partial charge on any atom is -0.272 e. The predicted molar refractivity (Wildman–Crippen MR) is 88.8 cm³/mol. The lowest BCUT2D eigenvalue weighted by Gasteiger charge is -2.04. The van der Waals surface area contributed by atoms with Crippen molar-refractivity contribution in [2.75, 3.05) is 5.43 Å². The summed E-state index contributed by atoms with van der Waals surface area (Å²) in [5.74, 6) is 0. The Labute approximate surface area is 141 Å². The fraction of sp³-hybridized carbons (Fsp3) is 0. The number of benzene rings is 2. The first-order valence-corrected chi connectivity index (χ1v) is 8.08. The van der Waals surface area contributed by atoms with Crippen LogP contribution in [-0.2, 0) is 10.0 Å². The normalized spacial score (nSPS) is 11.4. The third kappa shape index (κ3) is 4.55. The Kier molecular flexibility index (Phi) is 5.05. The summed E-state index contributed by atoms with van der Waals surface area (Å²) in [6, 6.07) is 8.63. The van der Waals surface area contributed by atoms with Gasteiger partial charge in [0, 0.05) is 23.8 Å². The lowest BCUT2D eigenvalue weighted by molar-refractivity contribution is -0.384. The summed E-state index contributed by atoms with van der Waals surface area (Å²) < 4.78 is 22.5. The number of non-ortho nitro benzene ring substituents is 1. The van der Waals surface area contributed by atoms with E-state index in [0.717, 1.165) is 18.2 Å². The highest BCUT2D eigenvalue weighted by Gasteiger charge is 2.18. The summed E-state index contributed by atoms with van der Waals surface area (Å²) in [6.45, 7) is 0. The Hall–Kier alpha value is -3.38. The molecule has 2 aromatic carbocycles. The number of hydrogen-bond acceptors (Lipinski definition) is 8. The van der Waals surface area contributed by atoms with Crippen LogP contribution < -0.4 is 10.6 Å². The molecule has 0 aliphatic rings. The fourth-order valence-electron chi connectivity index (χ4n) is 1.83. The molecule has 0 atom stereocenters. The molecule has 2 aromatic rings. The minimum atomic E-state index is -4.09. The molecule has 0 unspecified atom stereocenters. The molecule has 0 aliphatic carbocycles. The molecule has 0 heterocycles. The molecule has 11 nitrogen and oxygen atoms in total. The van der Waals surface area contributed by atoms with Crippen molar-refractivity contribution in [3.8, 4) is 0 Å². The molecule has 25 heavy (non-hydrogen) atoms. The second-order valence-electron chi connectivity index (χ2n) is 4.70. The monoisotopic (exact) mass is 365 g/mol. The van der Waals surface area contributed by atoms with Crippen LogP contribution in [0.2, 0.25) is 0 Å². The van der Waals surface area contributed by atoms with E-state index in [4.69, 9.17) is 5.14 Å². The van der Waals surface area contributed by atoms with Gasteiger partial charge in [-0.15, -0.1) is 0 Å². The molecule has 12 heteroatoms. The number of nitro groups is 2. The highest BCUT2D eigenvalue weighted by atomic mass is 32.2. The van der Waals surface area contributed by atoms with Gasteiger partial charge in [0.05, 0.1) is 21.0 Å². The number of hydrazone groups is 1. The average molecular weight is 365 g/mol. The zero-order valence-electron chi connectivity index (χ0n) is 12.4. The van der Waals surface area contributed by atoms with Crippen molar-refractivity contribution in [3.05, 3.63) is 68.3 Å². The van der Waals surface area contributed by atoms with Crippen molar-refractivity contribution in [1.29, 1.82) is 0 Å². The number of nitro benzene ring substituents is 2. The molecule has 0 bridgehead atoms. The molecule has 0 aromatic heterocycles. The van der Waals surface area contributed by atoms with Crippen LogP contribution in [-0.4, -0.2) is 24.5 Å². The molecule has 0 amide bonds. The molecule has 0 spiro atoms. The maximum absolute atomic E-state index is 11.3. The van der Waals surface area contributed by atoms with Crippen LogP contribution in [0.25, 0.3) is 0 Å². The Morgan fingerprint density at radius 1 is 1.08 bits per heavy atom. The van der Waals surface area contributed by atoms with Gasteiger partial charge in [0.25, 0.3) is 11.4 Å². The van der Waals surface area contributed by atoms with E-state index in [9.17, 15) is 28.6 Å². The largest absolute Gasteiger partial charge is 0.295 e. The number of nitrogens with one attached hydrogen (secondary N) is 1. The highest BCUT2D eigenvalue weighted by molar-refractivity contribution is 7.89. The van der Waals surface area contributed by atoms with Crippen LogP contribution in [0, 0.1) is 20.2 Å². The van der Waals surface area contributed by atoms with Gasteiger partial charge >= 0.3 is 0 Å². The number of hydrogen-bond donors (Lipinski definition) is 2. The summed E-state index contributed by atoms with van der Waals surface area (Å²) in [5, 5.41) is 30.4. The average Bonchev–Trinajstić information content (AvgIpc) is 2.54. The molecule has 2 rings (SSSR count). The summed E-state index contributed by atoms with van der Waals surface area (Å²) in [5.41, 5.74) is 2.05. The van der Waals surface area contributed by atoms with E-state index in [1.54, 1.807) is 6.07 Å². The van der Waals surface area contributed by atoms with E-state index in [0.29, 0.717) is 5.56 Å². The molecule has 130 valence electrons. The molecule has 3 N–H and O–H groups in total. The van der Waals surface area contributed by atoms with E-state index in [1.807, 2.05) is 0 Å². The quantitative estimate of drug-likeness (QED) is 0.444. The van der Waals surface area contributed by atoms with Crippen molar-refractivity contribution >= 4 is 33.3 Å². The van der Waals surface area contributed by atoms with Gasteiger partial charge in [0.2, 0.25) is 10.0 Å². The maximum atomic E-state index is 11.3. The van der Waals surface area contributed by atoms with Gasteiger partial charge in [-0.3, -0.25) is 25.7 Å². The Balaban J connectivity index is 2.27. The number of nitrogens with two attached hydrogens (primary N) is 1. The van der Waals surface area contributed by atoms with Crippen molar-refractivity contribution in [3.63, 3.8) is 0 Å². The number of nitrogens with zero attached hydrogens (tertiary/aromatic N) is 3. The lowest BCUT2D eigenvalue weighted by Crippen LogP contribution is -2.12. The molecule has 0 radical (unpaired) electrons. The molecular weight excluding hydrogens is 354 g/mol. The Morgan fingerprint density at radius 2 is 1.80 bits per heavy atom. The van der Waals surface area contributed by atoms with E-state index >= 15 is 0 Å². The second-order valence-corrected chi connectivity index (χ2v) is 6.26. The van der Waals surface area contributed by atoms with Crippen LogP contribution >= 0.6 is 0 Å². The van der Waals surface area contributed by atoms with E-state index in [2.05, 4.69) is 10.5 Å². The van der Waals surface area contributed by atoms with Gasteiger partial charge in [-0.25, -0.2) is 13.6 Å². The Morgan fingerprint density at radius 3 is 2.40 bits per heavy atom. The summed E-state index contributed by atoms with van der Waals surface area (Å²) in [4.78, 5) is 20.0. The smallest absolute Gasteiger partial charge is 0.272 e. The summed E-state index contributed by atoms with van der Waals surface area (Å²) in [7, 11) is -4.09. The van der Waals surface area contributed by atoms with Crippen molar-refractivity contribution in [2.24, 2.45) is 10.2 Å². The zero-order chi connectivity index (χ0) is 18.6. The molecule has 0 saturated carbocycles. The first-order chi connectivity index (χ1) is 11.7. The SMILES string of the molecule is NS(=O)(=O)c1ccc(NN=Cc2cccc([N+](=O)[O-])c2)c([N+](=O)[O-])c1. The van der Waals surface area contributed by atoms with Gasteiger partial charge in [-0.05, 0) is 12.1 Å². The molecule has 0 fully saturated rings. The number of sulfonamides is 1. The van der Waals surface area contributed by atoms with Gasteiger partial charge in [0.15, 0.2) is 0 Å². The number of rotatable bonds is 6. The van der Waals surface area contributed by atoms with Crippen molar-refractivity contribution in [2.45, 2.75) is 4.90 Å². The first kappa shape index (κ1) is 18.0. The van der Waals surface area contributed by atoms with Crippen LogP contribution in [0.4, 0.5) is 17.1 Å². The third-order valence-corrected chi connectivity index (χ3v) is 3.89. The third-order valence-electron chi connectivity index (χ3n) is 2.97. The van der Waals surface area contributed by atoms with Gasteiger partial charge in [0.1, 0.15) is 5.69 Å². The topological polar surface area (TPSA) is 171 Å². The standard InChI is InChI=1S/C13H11N5O6S/c14-25(23,24)11-4-5-12(13(7-11)18(21)22)16-15-8-9-2-1-3-10(6-9)17(19)20/h1-8,16H,(H2,14,23,24). The van der Waals surface area contributed by atoms with Crippen molar-refractivity contribution in [1.82, 2.24) is 0 Å². The van der Waals surface area contributed by atoms with Crippen molar-refractivity contribution < 1.29 is 18.3 Å². The van der Waals surface area contributed by atoms with Gasteiger partial charge in [-0.1, -0.05) is 12.1 Å². The number of primary sulfonamides is 1. The van der Waals surface area contributed by atoms with Crippen LogP contribution in [0.3, 0.4) is 0 Å². The zero-order valence-corrected chi connectivity index (χ0v) is 13.2. The van der Waals surface area contributed by atoms with Crippen LogP contribution in [0.5, 0.6) is 0 Å².